The average molecular weight is 422 g/mol. The van der Waals surface area contributed by atoms with E-state index in [0.29, 0.717) is 17.5 Å². The Morgan fingerprint density at radius 3 is 2.41 bits per heavy atom. The first-order chi connectivity index (χ1) is 10.5. The van der Waals surface area contributed by atoms with Crippen LogP contribution in [0.25, 0.3) is 11.0 Å². The number of para-hydroxylation sites is 1. The summed E-state index contributed by atoms with van der Waals surface area (Å²) in [5.74, 6) is 0.724. The number of fused-ring (bicyclic) bond motifs is 1. The normalized spacial score (nSPS) is 11.1. The van der Waals surface area contributed by atoms with Crippen LogP contribution in [0, 0.1) is 6.92 Å². The minimum absolute atomic E-state index is 0.0109. The van der Waals surface area contributed by atoms with Gasteiger partial charge in [0.25, 0.3) is 0 Å². The molecule has 3 rings (SSSR count). The Balaban J connectivity index is 2.21. The maximum Gasteiger partial charge on any atom is 0.197 e. The van der Waals surface area contributed by atoms with E-state index in [4.69, 9.17) is 4.42 Å². The molecular weight excluding hydrogens is 408 g/mol. The Hall–Kier alpha value is -1.39. The molecule has 112 valence electrons. The molecule has 0 N–H and O–H groups in total. The number of carbonyl (C=O) groups is 1. The van der Waals surface area contributed by atoms with Crippen molar-refractivity contribution in [3.63, 3.8) is 0 Å². The molecule has 0 amide bonds. The maximum atomic E-state index is 13.0. The highest BCUT2D eigenvalue weighted by Gasteiger charge is 2.21. The Bertz CT molecular complexity index is 855. The number of carbonyl (C=O) groups excluding carboxylic acids is 1. The van der Waals surface area contributed by atoms with E-state index in [2.05, 4.69) is 31.9 Å². The molecule has 0 atom stereocenters. The monoisotopic (exact) mass is 420 g/mol. The lowest BCUT2D eigenvalue weighted by molar-refractivity contribution is 0.103. The molecule has 0 aliphatic carbocycles. The van der Waals surface area contributed by atoms with E-state index in [0.717, 1.165) is 31.2 Å². The van der Waals surface area contributed by atoms with Gasteiger partial charge in [0.2, 0.25) is 0 Å². The second-order valence-electron chi connectivity index (χ2n) is 5.14. The van der Waals surface area contributed by atoms with Crippen molar-refractivity contribution >= 4 is 48.6 Å². The molecule has 2 nitrogen and oxygen atoms in total. The van der Waals surface area contributed by atoms with Crippen molar-refractivity contribution < 1.29 is 9.21 Å². The highest BCUT2D eigenvalue weighted by molar-refractivity contribution is 9.11. The van der Waals surface area contributed by atoms with Crippen LogP contribution in [0.1, 0.15) is 34.2 Å². The van der Waals surface area contributed by atoms with Gasteiger partial charge in [-0.15, -0.1) is 0 Å². The summed E-state index contributed by atoms with van der Waals surface area (Å²) in [7, 11) is 0. The number of benzene rings is 2. The van der Waals surface area contributed by atoms with Crippen molar-refractivity contribution in [1.29, 1.82) is 0 Å². The van der Waals surface area contributed by atoms with Crippen molar-refractivity contribution in [2.45, 2.75) is 20.3 Å². The molecule has 1 heterocycles. The van der Waals surface area contributed by atoms with E-state index in [1.165, 1.54) is 0 Å². The molecule has 3 aromatic rings. The van der Waals surface area contributed by atoms with Gasteiger partial charge in [0, 0.05) is 26.3 Å². The van der Waals surface area contributed by atoms with E-state index in [9.17, 15) is 4.79 Å². The van der Waals surface area contributed by atoms with E-state index < -0.39 is 0 Å². The van der Waals surface area contributed by atoms with Crippen LogP contribution >= 0.6 is 31.9 Å². The summed E-state index contributed by atoms with van der Waals surface area (Å²) in [6.45, 7) is 3.99. The topological polar surface area (TPSA) is 30.2 Å². The first-order valence-corrected chi connectivity index (χ1v) is 8.62. The fraction of sp³-hybridized carbons (Fsp3) is 0.167. The third-order valence-electron chi connectivity index (χ3n) is 3.76. The molecule has 22 heavy (non-hydrogen) atoms. The Labute approximate surface area is 145 Å². The quantitative estimate of drug-likeness (QED) is 0.481. The van der Waals surface area contributed by atoms with Gasteiger partial charge in [-0.3, -0.25) is 4.79 Å². The summed E-state index contributed by atoms with van der Waals surface area (Å²) in [6, 6.07) is 11.4. The van der Waals surface area contributed by atoms with Crippen LogP contribution in [0.4, 0.5) is 0 Å². The number of aryl methyl sites for hydroxylation is 1. The molecule has 0 radical (unpaired) electrons. The van der Waals surface area contributed by atoms with Crippen molar-refractivity contribution in [3.8, 4) is 0 Å². The van der Waals surface area contributed by atoms with Crippen molar-refractivity contribution in [3.05, 3.63) is 67.8 Å². The molecule has 0 aliphatic heterocycles. The van der Waals surface area contributed by atoms with E-state index in [1.54, 1.807) is 0 Å². The summed E-state index contributed by atoms with van der Waals surface area (Å²) in [6.07, 6.45) is 0.684. The smallest absolute Gasteiger partial charge is 0.197 e. The predicted octanol–water partition coefficient (Wildman–Crippen LogP) is 6.06. The third-order valence-corrected chi connectivity index (χ3v) is 5.41. The van der Waals surface area contributed by atoms with Crippen LogP contribution in [0.15, 0.2) is 49.8 Å². The molecule has 2 aromatic carbocycles. The summed E-state index contributed by atoms with van der Waals surface area (Å²) in [5.41, 5.74) is 3.14. The summed E-state index contributed by atoms with van der Waals surface area (Å²) >= 11 is 7.02. The first kappa shape index (κ1) is 15.5. The molecule has 0 spiro atoms. The van der Waals surface area contributed by atoms with Gasteiger partial charge in [0.1, 0.15) is 11.3 Å². The largest absolute Gasteiger partial charge is 0.460 e. The van der Waals surface area contributed by atoms with E-state index in [1.807, 2.05) is 50.2 Å². The fourth-order valence-electron chi connectivity index (χ4n) is 2.51. The second kappa shape index (κ2) is 6.01. The van der Waals surface area contributed by atoms with Crippen LogP contribution in [-0.2, 0) is 6.42 Å². The number of rotatable bonds is 3. The average Bonchev–Trinajstić information content (AvgIpc) is 2.89. The number of hydrogen-bond acceptors (Lipinski definition) is 2. The minimum atomic E-state index is -0.0109. The first-order valence-electron chi connectivity index (χ1n) is 7.03. The number of ketones is 1. The Morgan fingerprint density at radius 1 is 1.14 bits per heavy atom. The van der Waals surface area contributed by atoms with Gasteiger partial charge in [0.15, 0.2) is 5.78 Å². The van der Waals surface area contributed by atoms with E-state index in [-0.39, 0.29) is 5.78 Å². The third kappa shape index (κ3) is 2.55. The van der Waals surface area contributed by atoms with Crippen molar-refractivity contribution in [2.75, 3.05) is 0 Å². The van der Waals surface area contributed by atoms with Gasteiger partial charge in [0.05, 0.1) is 5.56 Å². The molecule has 0 aliphatic rings. The van der Waals surface area contributed by atoms with Crippen molar-refractivity contribution in [1.82, 2.24) is 0 Å². The number of hydrogen-bond donors (Lipinski definition) is 0. The molecule has 0 saturated heterocycles. The molecule has 0 fully saturated rings. The highest BCUT2D eigenvalue weighted by atomic mass is 79.9. The zero-order valence-corrected chi connectivity index (χ0v) is 15.4. The molecular formula is C18H14Br2O2. The fourth-order valence-corrected chi connectivity index (χ4v) is 3.70. The van der Waals surface area contributed by atoms with Crippen LogP contribution in [0.5, 0.6) is 0 Å². The summed E-state index contributed by atoms with van der Waals surface area (Å²) < 4.78 is 7.66. The standard InChI is InChI=1S/C18H14Br2O2/c1-3-15-17(12-6-4-5-7-16(12)22-15)18(21)11-8-13(19)10(2)14(20)9-11/h4-9H,3H2,1-2H3. The maximum absolute atomic E-state index is 13.0. The predicted molar refractivity (Wildman–Crippen MR) is 95.6 cm³/mol. The lowest BCUT2D eigenvalue weighted by Gasteiger charge is -2.07. The van der Waals surface area contributed by atoms with Gasteiger partial charge in [-0.2, -0.15) is 0 Å². The van der Waals surface area contributed by atoms with Gasteiger partial charge in [-0.25, -0.2) is 0 Å². The van der Waals surface area contributed by atoms with Crippen LogP contribution in [-0.4, -0.2) is 5.78 Å². The SMILES string of the molecule is CCc1oc2ccccc2c1C(=O)c1cc(Br)c(C)c(Br)c1. The molecule has 0 unspecified atom stereocenters. The zero-order chi connectivity index (χ0) is 15.9. The molecule has 0 saturated carbocycles. The zero-order valence-electron chi connectivity index (χ0n) is 12.2. The molecule has 0 bridgehead atoms. The lowest BCUT2D eigenvalue weighted by atomic mass is 9.98. The van der Waals surface area contributed by atoms with Gasteiger partial charge < -0.3 is 4.42 Å². The van der Waals surface area contributed by atoms with Crippen molar-refractivity contribution in [2.24, 2.45) is 0 Å². The van der Waals surface area contributed by atoms with Crippen LogP contribution in [0.3, 0.4) is 0 Å². The lowest BCUT2D eigenvalue weighted by Crippen LogP contribution is -2.04. The summed E-state index contributed by atoms with van der Waals surface area (Å²) in [4.78, 5) is 13.0. The van der Waals surface area contributed by atoms with Gasteiger partial charge in [-0.05, 0) is 30.7 Å². The van der Waals surface area contributed by atoms with E-state index >= 15 is 0 Å². The van der Waals surface area contributed by atoms with Gasteiger partial charge in [-0.1, -0.05) is 57.0 Å². The Kier molecular flexibility index (Phi) is 4.24. The second-order valence-corrected chi connectivity index (χ2v) is 6.85. The minimum Gasteiger partial charge on any atom is -0.460 e. The molecule has 1 aromatic heterocycles. The Morgan fingerprint density at radius 2 is 1.77 bits per heavy atom. The highest BCUT2D eigenvalue weighted by Crippen LogP contribution is 2.32. The van der Waals surface area contributed by atoms with Crippen LogP contribution < -0.4 is 0 Å². The number of furan rings is 1. The number of halogens is 2. The van der Waals surface area contributed by atoms with Gasteiger partial charge >= 0.3 is 0 Å². The molecule has 4 heteroatoms. The van der Waals surface area contributed by atoms with Crippen LogP contribution in [0.2, 0.25) is 0 Å². The summed E-state index contributed by atoms with van der Waals surface area (Å²) in [5, 5.41) is 0.872.